The smallest absolute Gasteiger partial charge is 0.291 e. The van der Waals surface area contributed by atoms with E-state index in [0.717, 1.165) is 5.69 Å². The van der Waals surface area contributed by atoms with Crippen molar-refractivity contribution < 1.29 is 10.3 Å². The van der Waals surface area contributed by atoms with Gasteiger partial charge in [-0.05, 0) is 18.2 Å². The maximum Gasteiger partial charge on any atom is 0.291 e. The van der Waals surface area contributed by atoms with E-state index in [1.165, 1.54) is 0 Å². The number of anilines is 1. The first-order valence-electron chi connectivity index (χ1n) is 4.03. The number of rotatable bonds is 1. The topological polar surface area (TPSA) is 114 Å². The van der Waals surface area contributed by atoms with Crippen molar-refractivity contribution in [3.63, 3.8) is 0 Å². The average Bonchev–Trinajstić information content (AvgIpc) is 2.16. The highest BCUT2D eigenvalue weighted by Crippen LogP contribution is 2.14. The van der Waals surface area contributed by atoms with Crippen molar-refractivity contribution >= 4 is 23.2 Å². The summed E-state index contributed by atoms with van der Waals surface area (Å²) in [5, 5.41) is 17.2. The van der Waals surface area contributed by atoms with Crippen LogP contribution in [0, 0.1) is 10.1 Å². The van der Waals surface area contributed by atoms with E-state index in [-0.39, 0.29) is 0 Å². The predicted molar refractivity (Wildman–Crippen MR) is 61.4 cm³/mol. The van der Waals surface area contributed by atoms with Gasteiger partial charge in [-0.1, -0.05) is 17.7 Å². The average molecular weight is 247 g/mol. The first kappa shape index (κ1) is 14.0. The molecule has 0 amide bonds. The number of aliphatic imine (C=N–C) groups is 1. The Hall–Kier alpha value is -2.02. The van der Waals surface area contributed by atoms with Crippen molar-refractivity contribution in [3.05, 3.63) is 39.4 Å². The zero-order chi connectivity index (χ0) is 12.6. The van der Waals surface area contributed by atoms with Crippen LogP contribution in [-0.2, 0) is 0 Å². The Balaban J connectivity index is 0.000000487. The Labute approximate surface area is 96.7 Å². The molecule has 0 spiro atoms. The molecule has 8 heteroatoms. The fraction of sp³-hybridized carbons (Fsp3) is 0.125. The molecule has 0 saturated heterocycles. The highest BCUT2D eigenvalue weighted by Gasteiger charge is 1.93. The second-order valence-electron chi connectivity index (χ2n) is 2.48. The summed E-state index contributed by atoms with van der Waals surface area (Å²) in [4.78, 5) is 12.1. The lowest BCUT2D eigenvalue weighted by Crippen LogP contribution is -2.21. The molecule has 0 bridgehead atoms. The molecule has 0 heterocycles. The van der Waals surface area contributed by atoms with Crippen LogP contribution in [0.3, 0.4) is 0 Å². The predicted octanol–water partition coefficient (Wildman–Crippen LogP) is 1.35. The fourth-order valence-electron chi connectivity index (χ4n) is 0.770. The summed E-state index contributed by atoms with van der Waals surface area (Å²) in [6, 6.07) is 7.28. The minimum Gasteiger partial charge on any atom is -0.370 e. The number of nitrogens with one attached hydrogen (secondary N) is 1. The van der Waals surface area contributed by atoms with Crippen molar-refractivity contribution in [2.75, 3.05) is 12.4 Å². The van der Waals surface area contributed by atoms with E-state index in [0.29, 0.717) is 11.0 Å². The quantitative estimate of drug-likeness (QED) is 0.299. The number of nitrogens with two attached hydrogens (primary N) is 1. The normalized spacial score (nSPS) is 10.0. The van der Waals surface area contributed by atoms with E-state index < -0.39 is 5.09 Å². The molecular formula is C8H11ClN4O3. The van der Waals surface area contributed by atoms with Crippen LogP contribution in [-0.4, -0.2) is 23.3 Å². The molecule has 16 heavy (non-hydrogen) atoms. The van der Waals surface area contributed by atoms with E-state index in [1.54, 1.807) is 19.2 Å². The van der Waals surface area contributed by atoms with E-state index in [9.17, 15) is 0 Å². The van der Waals surface area contributed by atoms with Gasteiger partial charge in [-0.2, -0.15) is 0 Å². The van der Waals surface area contributed by atoms with Crippen molar-refractivity contribution in [2.45, 2.75) is 0 Å². The van der Waals surface area contributed by atoms with Crippen LogP contribution < -0.4 is 11.1 Å². The summed E-state index contributed by atoms with van der Waals surface area (Å²) in [6.07, 6.45) is 0. The zero-order valence-corrected chi connectivity index (χ0v) is 9.18. The largest absolute Gasteiger partial charge is 0.370 e. The Morgan fingerprint density at radius 1 is 1.69 bits per heavy atom. The summed E-state index contributed by atoms with van der Waals surface area (Å²) in [5.41, 5.74) is 6.29. The van der Waals surface area contributed by atoms with Gasteiger partial charge in [0.1, 0.15) is 0 Å². The molecule has 0 aromatic heterocycles. The first-order chi connectivity index (χ1) is 7.45. The lowest BCUT2D eigenvalue weighted by atomic mass is 10.3. The lowest BCUT2D eigenvalue weighted by Gasteiger charge is -2.03. The highest BCUT2D eigenvalue weighted by atomic mass is 35.5. The number of guanidine groups is 1. The van der Waals surface area contributed by atoms with Crippen molar-refractivity contribution in [1.82, 2.24) is 0 Å². The van der Waals surface area contributed by atoms with Gasteiger partial charge < -0.3 is 16.3 Å². The number of hydrogen-bond donors (Lipinski definition) is 3. The maximum atomic E-state index is 8.36. The molecule has 0 radical (unpaired) electrons. The molecule has 4 N–H and O–H groups in total. The highest BCUT2D eigenvalue weighted by molar-refractivity contribution is 6.30. The molecule has 0 unspecified atom stereocenters. The zero-order valence-electron chi connectivity index (χ0n) is 8.42. The summed E-state index contributed by atoms with van der Waals surface area (Å²) in [5.74, 6) is 0.372. The third-order valence-corrected chi connectivity index (χ3v) is 1.57. The van der Waals surface area contributed by atoms with E-state index >= 15 is 0 Å². The van der Waals surface area contributed by atoms with Gasteiger partial charge in [0.2, 0.25) is 0 Å². The van der Waals surface area contributed by atoms with Crippen molar-refractivity contribution in [1.29, 1.82) is 0 Å². The standard InChI is InChI=1S/C8H10ClN3.HNO3/c1-11-8(10)12-7-4-2-3-6(9)5-7;2-1(3)4/h2-5H,1H3,(H3,10,11,12);(H,2,3,4). The summed E-state index contributed by atoms with van der Waals surface area (Å²) < 4.78 is 0. The monoisotopic (exact) mass is 246 g/mol. The van der Waals surface area contributed by atoms with Gasteiger partial charge in [0.05, 0.1) is 0 Å². The Morgan fingerprint density at radius 3 is 2.69 bits per heavy atom. The molecule has 0 aliphatic heterocycles. The van der Waals surface area contributed by atoms with Crippen molar-refractivity contribution in [3.8, 4) is 0 Å². The molecule has 0 saturated carbocycles. The number of hydrogen-bond acceptors (Lipinski definition) is 3. The molecule has 7 nitrogen and oxygen atoms in total. The minimum absolute atomic E-state index is 0.372. The van der Waals surface area contributed by atoms with Gasteiger partial charge in [-0.25, -0.2) is 0 Å². The second-order valence-corrected chi connectivity index (χ2v) is 2.92. The molecule has 0 aliphatic rings. The molecule has 88 valence electrons. The van der Waals surface area contributed by atoms with Gasteiger partial charge >= 0.3 is 0 Å². The van der Waals surface area contributed by atoms with Gasteiger partial charge in [0.15, 0.2) is 5.96 Å². The molecule has 1 aromatic carbocycles. The van der Waals surface area contributed by atoms with Gasteiger partial charge in [-0.15, -0.1) is 10.1 Å². The summed E-state index contributed by atoms with van der Waals surface area (Å²) in [7, 11) is 1.62. The fourth-order valence-corrected chi connectivity index (χ4v) is 0.960. The maximum absolute atomic E-state index is 8.36. The van der Waals surface area contributed by atoms with E-state index in [4.69, 9.17) is 32.7 Å². The van der Waals surface area contributed by atoms with Crippen LogP contribution in [0.1, 0.15) is 0 Å². The van der Waals surface area contributed by atoms with Gasteiger partial charge in [0, 0.05) is 17.8 Å². The Kier molecular flexibility index (Phi) is 6.37. The first-order valence-corrected chi connectivity index (χ1v) is 4.41. The van der Waals surface area contributed by atoms with Crippen LogP contribution in [0.15, 0.2) is 29.3 Å². The summed E-state index contributed by atoms with van der Waals surface area (Å²) in [6.45, 7) is 0. The molecule has 1 rings (SSSR count). The third kappa shape index (κ3) is 7.39. The molecule has 0 fully saturated rings. The van der Waals surface area contributed by atoms with Crippen LogP contribution in [0.5, 0.6) is 0 Å². The number of benzene rings is 1. The Bertz CT molecular complexity index is 379. The van der Waals surface area contributed by atoms with Crippen LogP contribution in [0.25, 0.3) is 0 Å². The van der Waals surface area contributed by atoms with Crippen LogP contribution in [0.2, 0.25) is 5.02 Å². The Morgan fingerprint density at radius 2 is 2.25 bits per heavy atom. The van der Waals surface area contributed by atoms with Crippen molar-refractivity contribution in [2.24, 2.45) is 10.7 Å². The molecular weight excluding hydrogens is 236 g/mol. The SMILES string of the molecule is CN=C(N)Nc1cccc(Cl)c1.O=[N+]([O-])O. The summed E-state index contributed by atoms with van der Waals surface area (Å²) >= 11 is 5.75. The van der Waals surface area contributed by atoms with Gasteiger partial charge in [-0.3, -0.25) is 4.99 Å². The third-order valence-electron chi connectivity index (χ3n) is 1.34. The van der Waals surface area contributed by atoms with Crippen LogP contribution >= 0.6 is 11.6 Å². The minimum atomic E-state index is -1.50. The van der Waals surface area contributed by atoms with Crippen LogP contribution in [0.4, 0.5) is 5.69 Å². The molecule has 0 aliphatic carbocycles. The lowest BCUT2D eigenvalue weighted by molar-refractivity contribution is -0.742. The van der Waals surface area contributed by atoms with E-state index in [2.05, 4.69) is 10.3 Å². The second kappa shape index (κ2) is 7.30. The number of halogens is 1. The molecule has 0 atom stereocenters. The van der Waals surface area contributed by atoms with Gasteiger partial charge in [0.25, 0.3) is 5.09 Å². The molecule has 1 aromatic rings. The van der Waals surface area contributed by atoms with E-state index in [1.807, 2.05) is 12.1 Å². The number of nitrogens with zero attached hydrogens (tertiary/aromatic N) is 2.